The highest BCUT2D eigenvalue weighted by Gasteiger charge is 2.16. The molecule has 4 nitrogen and oxygen atoms in total. The van der Waals surface area contributed by atoms with E-state index < -0.39 is 5.97 Å². The van der Waals surface area contributed by atoms with Crippen LogP contribution in [0.4, 0.5) is 0 Å². The lowest BCUT2D eigenvalue weighted by molar-refractivity contribution is 0.0691. The zero-order chi connectivity index (χ0) is 12.1. The van der Waals surface area contributed by atoms with Crippen molar-refractivity contribution < 1.29 is 19.4 Å². The third kappa shape index (κ3) is 3.01. The van der Waals surface area contributed by atoms with Gasteiger partial charge in [-0.3, -0.25) is 0 Å². The second kappa shape index (κ2) is 5.93. The van der Waals surface area contributed by atoms with E-state index >= 15 is 0 Å². The van der Waals surface area contributed by atoms with Gasteiger partial charge in [0.15, 0.2) is 0 Å². The molecule has 0 heterocycles. The maximum atomic E-state index is 11.1. The molecule has 0 saturated carbocycles. The highest BCUT2D eigenvalue weighted by Crippen LogP contribution is 2.30. The Labute approximate surface area is 108 Å². The van der Waals surface area contributed by atoms with E-state index in [1.165, 1.54) is 13.2 Å². The van der Waals surface area contributed by atoms with Gasteiger partial charge in [0.1, 0.15) is 17.1 Å². The molecular weight excluding hydrogens is 323 g/mol. The minimum atomic E-state index is -1.01. The van der Waals surface area contributed by atoms with Crippen molar-refractivity contribution in [2.75, 3.05) is 13.7 Å². The molecule has 88 valence electrons. The molecule has 5 heteroatoms. The van der Waals surface area contributed by atoms with Crippen molar-refractivity contribution in [2.45, 2.75) is 13.3 Å². The molecule has 0 aliphatic heterocycles. The van der Waals surface area contributed by atoms with Crippen molar-refractivity contribution in [1.82, 2.24) is 0 Å². The van der Waals surface area contributed by atoms with Crippen LogP contribution in [-0.2, 0) is 0 Å². The van der Waals surface area contributed by atoms with Crippen molar-refractivity contribution in [1.29, 1.82) is 0 Å². The summed E-state index contributed by atoms with van der Waals surface area (Å²) in [6, 6.07) is 3.22. The number of carboxylic acid groups (broad SMARTS) is 1. The number of carbonyl (C=O) groups is 1. The number of carboxylic acids is 1. The Morgan fingerprint density at radius 1 is 1.50 bits per heavy atom. The molecule has 0 aliphatic rings. The molecule has 16 heavy (non-hydrogen) atoms. The van der Waals surface area contributed by atoms with Gasteiger partial charge in [0.25, 0.3) is 0 Å². The number of aromatic carboxylic acids is 1. The Kier molecular flexibility index (Phi) is 4.85. The second-order valence-electron chi connectivity index (χ2n) is 3.14. The van der Waals surface area contributed by atoms with Crippen molar-refractivity contribution in [3.05, 3.63) is 21.3 Å². The van der Waals surface area contributed by atoms with Gasteiger partial charge in [0.05, 0.1) is 17.3 Å². The molecule has 0 bridgehead atoms. The van der Waals surface area contributed by atoms with Gasteiger partial charge in [-0.2, -0.15) is 0 Å². The van der Waals surface area contributed by atoms with Crippen molar-refractivity contribution in [3.63, 3.8) is 0 Å². The molecule has 1 N–H and O–H groups in total. The summed E-state index contributed by atoms with van der Waals surface area (Å²) in [6.45, 7) is 2.47. The number of ether oxygens (including phenoxy) is 2. The van der Waals surface area contributed by atoms with E-state index in [-0.39, 0.29) is 5.56 Å². The van der Waals surface area contributed by atoms with Gasteiger partial charge in [-0.25, -0.2) is 4.79 Å². The first-order chi connectivity index (χ1) is 7.60. The van der Waals surface area contributed by atoms with Gasteiger partial charge in [-0.05, 0) is 41.1 Å². The number of rotatable bonds is 5. The molecule has 0 saturated heterocycles. The number of halogens is 1. The molecule has 0 radical (unpaired) electrons. The number of benzene rings is 1. The Hall–Kier alpha value is -0.980. The van der Waals surface area contributed by atoms with Crippen LogP contribution in [0.25, 0.3) is 0 Å². The molecule has 1 rings (SSSR count). The van der Waals surface area contributed by atoms with E-state index in [0.717, 1.165) is 9.99 Å². The molecule has 1 aromatic carbocycles. The summed E-state index contributed by atoms with van der Waals surface area (Å²) >= 11 is 2.04. The van der Waals surface area contributed by atoms with E-state index in [0.29, 0.717) is 18.1 Å². The summed E-state index contributed by atoms with van der Waals surface area (Å²) in [5.74, 6) is -0.0793. The van der Waals surface area contributed by atoms with Crippen LogP contribution in [0.15, 0.2) is 12.1 Å². The monoisotopic (exact) mass is 336 g/mol. The molecule has 1 aromatic rings. The normalized spacial score (nSPS) is 9.94. The lowest BCUT2D eigenvalue weighted by Gasteiger charge is -2.12. The predicted molar refractivity (Wildman–Crippen MR) is 68.5 cm³/mol. The number of hydrogen-bond donors (Lipinski definition) is 1. The average molecular weight is 336 g/mol. The minimum absolute atomic E-state index is 0.136. The summed E-state index contributed by atoms with van der Waals surface area (Å²) in [5.41, 5.74) is 0.136. The summed E-state index contributed by atoms with van der Waals surface area (Å²) in [6.07, 6.45) is 0.834. The lowest BCUT2D eigenvalue weighted by atomic mass is 10.2. The van der Waals surface area contributed by atoms with E-state index in [2.05, 4.69) is 0 Å². The van der Waals surface area contributed by atoms with E-state index in [9.17, 15) is 4.79 Å². The standard InChI is InChI=1S/C11H13IO4/c1-3-4-16-10-8(11(13)14)5-7(15-2)6-9(10)12/h5-6H,3-4H2,1-2H3,(H,13,14). The maximum absolute atomic E-state index is 11.1. The fourth-order valence-electron chi connectivity index (χ4n) is 1.20. The SMILES string of the molecule is CCCOc1c(I)cc(OC)cc1C(=O)O. The Morgan fingerprint density at radius 3 is 2.69 bits per heavy atom. The van der Waals surface area contributed by atoms with Crippen LogP contribution >= 0.6 is 22.6 Å². The summed E-state index contributed by atoms with van der Waals surface area (Å²) in [4.78, 5) is 11.1. The summed E-state index contributed by atoms with van der Waals surface area (Å²) in [7, 11) is 1.50. The molecule has 0 spiro atoms. The van der Waals surface area contributed by atoms with Crippen molar-refractivity contribution >= 4 is 28.6 Å². The van der Waals surface area contributed by atoms with Crippen LogP contribution in [0.2, 0.25) is 0 Å². The number of methoxy groups -OCH3 is 1. The van der Waals surface area contributed by atoms with E-state index in [1.807, 2.05) is 29.5 Å². The molecular formula is C11H13IO4. The second-order valence-corrected chi connectivity index (χ2v) is 4.30. The van der Waals surface area contributed by atoms with Crippen LogP contribution in [-0.4, -0.2) is 24.8 Å². The average Bonchev–Trinajstić information content (AvgIpc) is 2.26. The van der Waals surface area contributed by atoms with Gasteiger partial charge in [-0.15, -0.1) is 0 Å². The number of hydrogen-bond acceptors (Lipinski definition) is 3. The van der Waals surface area contributed by atoms with E-state index in [4.69, 9.17) is 14.6 Å². The molecule has 0 atom stereocenters. The van der Waals surface area contributed by atoms with Crippen molar-refractivity contribution in [3.8, 4) is 11.5 Å². The predicted octanol–water partition coefficient (Wildman–Crippen LogP) is 2.79. The van der Waals surface area contributed by atoms with Gasteiger partial charge < -0.3 is 14.6 Å². The van der Waals surface area contributed by atoms with Gasteiger partial charge >= 0.3 is 5.97 Å². The molecule has 0 fully saturated rings. The largest absolute Gasteiger partial charge is 0.497 e. The first-order valence-electron chi connectivity index (χ1n) is 4.83. The minimum Gasteiger partial charge on any atom is -0.497 e. The third-order valence-electron chi connectivity index (χ3n) is 1.93. The Morgan fingerprint density at radius 2 is 2.19 bits per heavy atom. The summed E-state index contributed by atoms with van der Waals surface area (Å²) < 4.78 is 11.2. The van der Waals surface area contributed by atoms with Crippen LogP contribution in [0.1, 0.15) is 23.7 Å². The first kappa shape index (κ1) is 13.1. The summed E-state index contributed by atoms with van der Waals surface area (Å²) in [5, 5.41) is 9.07. The zero-order valence-corrected chi connectivity index (χ0v) is 11.3. The molecule has 0 amide bonds. The highest BCUT2D eigenvalue weighted by molar-refractivity contribution is 14.1. The quantitative estimate of drug-likeness (QED) is 0.840. The zero-order valence-electron chi connectivity index (χ0n) is 9.12. The maximum Gasteiger partial charge on any atom is 0.339 e. The van der Waals surface area contributed by atoms with Crippen LogP contribution < -0.4 is 9.47 Å². The molecule has 0 aromatic heterocycles. The smallest absolute Gasteiger partial charge is 0.339 e. The van der Waals surface area contributed by atoms with E-state index in [1.54, 1.807) is 6.07 Å². The van der Waals surface area contributed by atoms with Crippen LogP contribution in [0, 0.1) is 3.57 Å². The third-order valence-corrected chi connectivity index (χ3v) is 2.74. The highest BCUT2D eigenvalue weighted by atomic mass is 127. The lowest BCUT2D eigenvalue weighted by Crippen LogP contribution is -2.06. The van der Waals surface area contributed by atoms with Crippen LogP contribution in [0.3, 0.4) is 0 Å². The molecule has 0 unspecified atom stereocenters. The fraction of sp³-hybridized carbons (Fsp3) is 0.364. The topological polar surface area (TPSA) is 55.8 Å². The Bertz CT molecular complexity index is 390. The van der Waals surface area contributed by atoms with Gasteiger partial charge in [-0.1, -0.05) is 6.92 Å². The van der Waals surface area contributed by atoms with Gasteiger partial charge in [0.2, 0.25) is 0 Å². The first-order valence-corrected chi connectivity index (χ1v) is 5.91. The Balaban J connectivity index is 3.17. The van der Waals surface area contributed by atoms with Gasteiger partial charge in [0, 0.05) is 0 Å². The van der Waals surface area contributed by atoms with Crippen LogP contribution in [0.5, 0.6) is 11.5 Å². The molecule has 0 aliphatic carbocycles. The fourth-order valence-corrected chi connectivity index (χ4v) is 1.95. The van der Waals surface area contributed by atoms with Crippen molar-refractivity contribution in [2.24, 2.45) is 0 Å².